The average Bonchev–Trinajstić information content (AvgIpc) is 2.67. The first kappa shape index (κ1) is 12.0. The van der Waals surface area contributed by atoms with Crippen molar-refractivity contribution >= 4 is 6.29 Å². The zero-order valence-corrected chi connectivity index (χ0v) is 9.88. The first-order valence-electron chi connectivity index (χ1n) is 5.45. The first-order chi connectivity index (χ1) is 8.09. The monoisotopic (exact) mass is 237 g/mol. The van der Waals surface area contributed by atoms with Gasteiger partial charge < -0.3 is 14.2 Å². The third kappa shape index (κ3) is 3.25. The lowest BCUT2D eigenvalue weighted by Crippen LogP contribution is -2.25. The minimum atomic E-state index is -0.539. The van der Waals surface area contributed by atoms with E-state index in [1.807, 2.05) is 13.8 Å². The summed E-state index contributed by atoms with van der Waals surface area (Å²) >= 11 is 0. The van der Waals surface area contributed by atoms with E-state index in [9.17, 15) is 4.79 Å². The minimum absolute atomic E-state index is 0.0856. The Hall–Kier alpha value is -1.46. The number of carbonyl (C=O) groups excluding carboxylic acids is 1. The predicted molar refractivity (Wildman–Crippen MR) is 60.0 cm³/mol. The van der Waals surface area contributed by atoms with Crippen LogP contribution in [0.5, 0.6) is 5.88 Å². The van der Waals surface area contributed by atoms with Crippen LogP contribution in [0.15, 0.2) is 18.3 Å². The van der Waals surface area contributed by atoms with E-state index in [0.29, 0.717) is 24.7 Å². The molecule has 1 saturated heterocycles. The number of rotatable bonds is 4. The molecule has 5 nitrogen and oxygen atoms in total. The van der Waals surface area contributed by atoms with Crippen LogP contribution in [0.1, 0.15) is 24.2 Å². The molecule has 0 aromatic carbocycles. The zero-order chi connectivity index (χ0) is 12.3. The second kappa shape index (κ2) is 4.81. The second-order valence-corrected chi connectivity index (χ2v) is 4.31. The third-order valence-corrected chi connectivity index (χ3v) is 2.38. The Morgan fingerprint density at radius 1 is 1.59 bits per heavy atom. The van der Waals surface area contributed by atoms with Crippen molar-refractivity contribution in [2.75, 3.05) is 13.2 Å². The van der Waals surface area contributed by atoms with E-state index in [2.05, 4.69) is 4.98 Å². The maximum absolute atomic E-state index is 10.4. The van der Waals surface area contributed by atoms with Crippen molar-refractivity contribution in [3.8, 4) is 5.88 Å². The molecule has 1 aliphatic heterocycles. The number of aldehydes is 1. The summed E-state index contributed by atoms with van der Waals surface area (Å²) in [6.07, 6.45) is 2.13. The molecule has 2 heterocycles. The van der Waals surface area contributed by atoms with Gasteiger partial charge in [-0.1, -0.05) is 0 Å². The average molecular weight is 237 g/mol. The number of nitrogens with zero attached hydrogens (tertiary/aromatic N) is 1. The topological polar surface area (TPSA) is 57.7 Å². The molecule has 1 aromatic rings. The molecular weight excluding hydrogens is 222 g/mol. The summed E-state index contributed by atoms with van der Waals surface area (Å²) < 4.78 is 16.4. The maximum atomic E-state index is 10.4. The SMILES string of the molecule is CC1(C)OC[C@@H](COc2ccc(C=O)cn2)O1. The number of aromatic nitrogens is 1. The highest BCUT2D eigenvalue weighted by atomic mass is 16.7. The highest BCUT2D eigenvalue weighted by Crippen LogP contribution is 2.22. The van der Waals surface area contributed by atoms with Crippen molar-refractivity contribution in [2.24, 2.45) is 0 Å². The molecule has 0 unspecified atom stereocenters. The van der Waals surface area contributed by atoms with Gasteiger partial charge in [0.1, 0.15) is 12.7 Å². The summed E-state index contributed by atoms with van der Waals surface area (Å²) in [6, 6.07) is 3.32. The summed E-state index contributed by atoms with van der Waals surface area (Å²) in [4.78, 5) is 14.4. The van der Waals surface area contributed by atoms with E-state index >= 15 is 0 Å². The van der Waals surface area contributed by atoms with Crippen molar-refractivity contribution in [3.63, 3.8) is 0 Å². The molecule has 92 valence electrons. The number of pyridine rings is 1. The van der Waals surface area contributed by atoms with Gasteiger partial charge in [-0.15, -0.1) is 0 Å². The fraction of sp³-hybridized carbons (Fsp3) is 0.500. The van der Waals surface area contributed by atoms with Crippen LogP contribution in [0.25, 0.3) is 0 Å². The normalized spacial score (nSPS) is 22.4. The van der Waals surface area contributed by atoms with Crippen LogP contribution in [0.4, 0.5) is 0 Å². The summed E-state index contributed by atoms with van der Waals surface area (Å²) in [5, 5.41) is 0. The number of hydrogen-bond donors (Lipinski definition) is 0. The third-order valence-electron chi connectivity index (χ3n) is 2.38. The molecule has 0 aliphatic carbocycles. The Bertz CT molecular complexity index is 388. The molecule has 2 rings (SSSR count). The van der Waals surface area contributed by atoms with Crippen molar-refractivity contribution < 1.29 is 19.0 Å². The largest absolute Gasteiger partial charge is 0.475 e. The lowest BCUT2D eigenvalue weighted by Gasteiger charge is -2.17. The Balaban J connectivity index is 1.84. The predicted octanol–water partition coefficient (Wildman–Crippen LogP) is 1.42. The molecule has 0 N–H and O–H groups in total. The van der Waals surface area contributed by atoms with Gasteiger partial charge in [0.15, 0.2) is 12.1 Å². The molecule has 0 saturated carbocycles. The molecule has 0 bridgehead atoms. The lowest BCUT2D eigenvalue weighted by molar-refractivity contribution is -0.141. The van der Waals surface area contributed by atoms with Gasteiger partial charge in [0.25, 0.3) is 0 Å². The van der Waals surface area contributed by atoms with E-state index in [4.69, 9.17) is 14.2 Å². The molecule has 1 aliphatic rings. The first-order valence-corrected chi connectivity index (χ1v) is 5.45. The number of ether oxygens (including phenoxy) is 3. The van der Waals surface area contributed by atoms with Gasteiger partial charge in [-0.2, -0.15) is 0 Å². The molecule has 1 aromatic heterocycles. The Kier molecular flexibility index (Phi) is 3.40. The fourth-order valence-electron chi connectivity index (χ4n) is 1.57. The van der Waals surface area contributed by atoms with Crippen LogP contribution >= 0.6 is 0 Å². The second-order valence-electron chi connectivity index (χ2n) is 4.31. The fourth-order valence-corrected chi connectivity index (χ4v) is 1.57. The molecule has 0 radical (unpaired) electrons. The van der Waals surface area contributed by atoms with E-state index in [0.717, 1.165) is 6.29 Å². The molecular formula is C12H15NO4. The van der Waals surface area contributed by atoms with Gasteiger partial charge in [-0.25, -0.2) is 4.98 Å². The van der Waals surface area contributed by atoms with Crippen molar-refractivity contribution in [1.82, 2.24) is 4.98 Å². The quantitative estimate of drug-likeness (QED) is 0.741. The van der Waals surface area contributed by atoms with Crippen LogP contribution in [0, 0.1) is 0 Å². The van der Waals surface area contributed by atoms with Gasteiger partial charge >= 0.3 is 0 Å². The van der Waals surface area contributed by atoms with Crippen molar-refractivity contribution in [1.29, 1.82) is 0 Å². The van der Waals surface area contributed by atoms with E-state index in [1.165, 1.54) is 6.20 Å². The smallest absolute Gasteiger partial charge is 0.213 e. The highest BCUT2D eigenvalue weighted by molar-refractivity contribution is 5.73. The lowest BCUT2D eigenvalue weighted by atomic mass is 10.3. The van der Waals surface area contributed by atoms with E-state index in [-0.39, 0.29) is 6.10 Å². The van der Waals surface area contributed by atoms with E-state index < -0.39 is 5.79 Å². The molecule has 0 amide bonds. The Morgan fingerprint density at radius 2 is 2.41 bits per heavy atom. The van der Waals surface area contributed by atoms with Crippen LogP contribution in [-0.4, -0.2) is 36.4 Å². The Morgan fingerprint density at radius 3 is 2.94 bits per heavy atom. The minimum Gasteiger partial charge on any atom is -0.475 e. The van der Waals surface area contributed by atoms with Gasteiger partial charge in [0.2, 0.25) is 5.88 Å². The number of carbonyl (C=O) groups is 1. The van der Waals surface area contributed by atoms with Gasteiger partial charge in [-0.3, -0.25) is 4.79 Å². The molecule has 1 fully saturated rings. The van der Waals surface area contributed by atoms with Crippen LogP contribution in [0.2, 0.25) is 0 Å². The van der Waals surface area contributed by atoms with Crippen molar-refractivity contribution in [3.05, 3.63) is 23.9 Å². The summed E-state index contributed by atoms with van der Waals surface area (Å²) in [7, 11) is 0. The number of hydrogen-bond acceptors (Lipinski definition) is 5. The zero-order valence-electron chi connectivity index (χ0n) is 9.88. The summed E-state index contributed by atoms with van der Waals surface area (Å²) in [5.74, 6) is -0.0630. The van der Waals surface area contributed by atoms with Crippen LogP contribution in [-0.2, 0) is 9.47 Å². The van der Waals surface area contributed by atoms with Gasteiger partial charge in [0, 0.05) is 17.8 Å². The van der Waals surface area contributed by atoms with Gasteiger partial charge in [0.05, 0.1) is 6.61 Å². The summed E-state index contributed by atoms with van der Waals surface area (Å²) in [5.41, 5.74) is 0.527. The van der Waals surface area contributed by atoms with Crippen LogP contribution < -0.4 is 4.74 Å². The van der Waals surface area contributed by atoms with Crippen molar-refractivity contribution in [2.45, 2.75) is 25.7 Å². The van der Waals surface area contributed by atoms with E-state index in [1.54, 1.807) is 12.1 Å². The highest BCUT2D eigenvalue weighted by Gasteiger charge is 2.32. The summed E-state index contributed by atoms with van der Waals surface area (Å²) in [6.45, 7) is 4.63. The molecule has 0 spiro atoms. The maximum Gasteiger partial charge on any atom is 0.213 e. The molecule has 5 heteroatoms. The molecule has 17 heavy (non-hydrogen) atoms. The molecule has 1 atom stereocenters. The van der Waals surface area contributed by atoms with Gasteiger partial charge in [-0.05, 0) is 19.9 Å². The van der Waals surface area contributed by atoms with Crippen LogP contribution in [0.3, 0.4) is 0 Å². The standard InChI is InChI=1S/C12H15NO4/c1-12(2)16-8-10(17-12)7-15-11-4-3-9(6-14)5-13-11/h3-6,10H,7-8H2,1-2H3/t10-/m1/s1. The Labute approximate surface area is 99.7 Å².